The fourth-order valence-electron chi connectivity index (χ4n) is 1.18. The molecule has 1 aromatic carbocycles. The summed E-state index contributed by atoms with van der Waals surface area (Å²) in [7, 11) is -4.10. The minimum atomic E-state index is -4.10. The third kappa shape index (κ3) is 3.34. The molecule has 0 saturated heterocycles. The van der Waals surface area contributed by atoms with Crippen LogP contribution in [0.5, 0.6) is 0 Å². The standard InChI is InChI=1S/C10H11FN2O4S/c1-2-3-6-12-18(16,17)10-7-8(13(14)15)4-5-9(10)11/h2,4-5,7,12H,1,3,6H2. The van der Waals surface area contributed by atoms with Crippen LogP contribution >= 0.6 is 0 Å². The topological polar surface area (TPSA) is 89.3 Å². The molecule has 0 bridgehead atoms. The van der Waals surface area contributed by atoms with Crippen LogP contribution in [0.15, 0.2) is 35.7 Å². The number of nitrogens with one attached hydrogen (secondary N) is 1. The molecule has 0 atom stereocenters. The SMILES string of the molecule is C=CCCNS(=O)(=O)c1cc([N+](=O)[O-])ccc1F. The van der Waals surface area contributed by atoms with Crippen molar-refractivity contribution in [2.75, 3.05) is 6.54 Å². The Hall–Kier alpha value is -1.80. The fraction of sp³-hybridized carbons (Fsp3) is 0.200. The highest BCUT2D eigenvalue weighted by atomic mass is 32.2. The lowest BCUT2D eigenvalue weighted by atomic mass is 10.3. The van der Waals surface area contributed by atoms with Gasteiger partial charge in [-0.25, -0.2) is 17.5 Å². The number of nitro groups is 1. The van der Waals surface area contributed by atoms with Gasteiger partial charge in [-0.05, 0) is 12.5 Å². The molecule has 0 aromatic heterocycles. The fourth-order valence-corrected chi connectivity index (χ4v) is 2.33. The highest BCUT2D eigenvalue weighted by molar-refractivity contribution is 7.89. The average Bonchev–Trinajstić information content (AvgIpc) is 2.29. The smallest absolute Gasteiger partial charge is 0.258 e. The monoisotopic (exact) mass is 274 g/mol. The van der Waals surface area contributed by atoms with E-state index in [1.54, 1.807) is 0 Å². The number of hydrogen-bond donors (Lipinski definition) is 1. The zero-order chi connectivity index (χ0) is 13.8. The molecule has 0 saturated carbocycles. The number of benzene rings is 1. The van der Waals surface area contributed by atoms with Crippen LogP contribution < -0.4 is 4.72 Å². The van der Waals surface area contributed by atoms with Crippen LogP contribution in [0, 0.1) is 15.9 Å². The number of sulfonamides is 1. The van der Waals surface area contributed by atoms with Crippen molar-refractivity contribution in [2.24, 2.45) is 0 Å². The van der Waals surface area contributed by atoms with Crippen LogP contribution in [-0.2, 0) is 10.0 Å². The van der Waals surface area contributed by atoms with Gasteiger partial charge in [0.2, 0.25) is 10.0 Å². The van der Waals surface area contributed by atoms with E-state index in [0.717, 1.165) is 12.1 Å². The summed E-state index contributed by atoms with van der Waals surface area (Å²) in [6.07, 6.45) is 1.86. The van der Waals surface area contributed by atoms with E-state index in [9.17, 15) is 22.9 Å². The first-order chi connectivity index (χ1) is 8.38. The van der Waals surface area contributed by atoms with Gasteiger partial charge in [0.25, 0.3) is 5.69 Å². The molecule has 6 nitrogen and oxygen atoms in total. The summed E-state index contributed by atoms with van der Waals surface area (Å²) in [6, 6.07) is 2.34. The lowest BCUT2D eigenvalue weighted by Crippen LogP contribution is -2.25. The second-order valence-electron chi connectivity index (χ2n) is 3.35. The molecule has 0 amide bonds. The molecule has 0 aliphatic rings. The Bertz CT molecular complexity index is 571. The molecule has 1 rings (SSSR count). The van der Waals surface area contributed by atoms with E-state index in [-0.39, 0.29) is 6.54 Å². The van der Waals surface area contributed by atoms with Crippen molar-refractivity contribution >= 4 is 15.7 Å². The highest BCUT2D eigenvalue weighted by Crippen LogP contribution is 2.20. The zero-order valence-electron chi connectivity index (χ0n) is 9.30. The Morgan fingerprint density at radius 1 is 1.50 bits per heavy atom. The first kappa shape index (κ1) is 14.3. The molecule has 0 unspecified atom stereocenters. The van der Waals surface area contributed by atoms with Crippen LogP contribution in [0.2, 0.25) is 0 Å². The van der Waals surface area contributed by atoms with Crippen molar-refractivity contribution in [3.63, 3.8) is 0 Å². The van der Waals surface area contributed by atoms with Gasteiger partial charge in [-0.2, -0.15) is 0 Å². The molecule has 0 aliphatic heterocycles. The van der Waals surface area contributed by atoms with Gasteiger partial charge < -0.3 is 0 Å². The van der Waals surface area contributed by atoms with Crippen molar-refractivity contribution in [1.29, 1.82) is 0 Å². The molecule has 1 N–H and O–H groups in total. The summed E-state index contributed by atoms with van der Waals surface area (Å²) < 4.78 is 38.9. The zero-order valence-corrected chi connectivity index (χ0v) is 10.1. The molecule has 0 fully saturated rings. The molecule has 0 heterocycles. The van der Waals surface area contributed by atoms with Gasteiger partial charge >= 0.3 is 0 Å². The molecular formula is C10H11FN2O4S. The van der Waals surface area contributed by atoms with Gasteiger partial charge in [-0.1, -0.05) is 6.08 Å². The van der Waals surface area contributed by atoms with E-state index in [0.29, 0.717) is 12.5 Å². The molecule has 0 aliphatic carbocycles. The van der Waals surface area contributed by atoms with Crippen molar-refractivity contribution in [3.05, 3.63) is 46.8 Å². The Morgan fingerprint density at radius 3 is 2.72 bits per heavy atom. The number of rotatable bonds is 6. The first-order valence-electron chi connectivity index (χ1n) is 4.93. The van der Waals surface area contributed by atoms with E-state index in [1.807, 2.05) is 0 Å². The summed E-state index contributed by atoms with van der Waals surface area (Å²) in [6.45, 7) is 3.46. The number of non-ortho nitro benzene ring substituents is 1. The van der Waals surface area contributed by atoms with Crippen molar-refractivity contribution in [2.45, 2.75) is 11.3 Å². The van der Waals surface area contributed by atoms with Crippen molar-refractivity contribution < 1.29 is 17.7 Å². The largest absolute Gasteiger partial charge is 0.270 e. The molecule has 1 aromatic rings. The third-order valence-corrected chi connectivity index (χ3v) is 3.53. The Kier molecular flexibility index (Phi) is 4.51. The van der Waals surface area contributed by atoms with Gasteiger partial charge in [-0.15, -0.1) is 6.58 Å². The number of hydrogen-bond acceptors (Lipinski definition) is 4. The van der Waals surface area contributed by atoms with Gasteiger partial charge in [-0.3, -0.25) is 10.1 Å². The van der Waals surface area contributed by atoms with Crippen molar-refractivity contribution in [3.8, 4) is 0 Å². The second kappa shape index (κ2) is 5.69. The van der Waals surface area contributed by atoms with Crippen molar-refractivity contribution in [1.82, 2.24) is 4.72 Å². The minimum absolute atomic E-state index is 0.0496. The number of halogens is 1. The summed E-state index contributed by atoms with van der Waals surface area (Å²) in [5.41, 5.74) is -0.486. The summed E-state index contributed by atoms with van der Waals surface area (Å²) in [4.78, 5) is 8.98. The van der Waals surface area contributed by atoms with Crippen LogP contribution in [0.1, 0.15) is 6.42 Å². The quantitative estimate of drug-likeness (QED) is 0.369. The van der Waals surface area contributed by atoms with E-state index in [4.69, 9.17) is 0 Å². The maximum Gasteiger partial charge on any atom is 0.270 e. The summed E-state index contributed by atoms with van der Waals surface area (Å²) >= 11 is 0. The van der Waals surface area contributed by atoms with E-state index >= 15 is 0 Å². The van der Waals surface area contributed by atoms with Crippen LogP contribution in [0.25, 0.3) is 0 Å². The van der Waals surface area contributed by atoms with E-state index in [2.05, 4.69) is 11.3 Å². The van der Waals surface area contributed by atoms with Crippen LogP contribution in [0.3, 0.4) is 0 Å². The minimum Gasteiger partial charge on any atom is -0.258 e. The predicted octanol–water partition coefficient (Wildman–Crippen LogP) is 1.59. The second-order valence-corrected chi connectivity index (χ2v) is 5.08. The maximum absolute atomic E-state index is 13.4. The number of nitrogens with zero attached hydrogens (tertiary/aromatic N) is 1. The summed E-state index contributed by atoms with van der Waals surface area (Å²) in [5.74, 6) is -1.04. The average molecular weight is 274 g/mol. The molecule has 0 spiro atoms. The third-order valence-electron chi connectivity index (χ3n) is 2.06. The first-order valence-corrected chi connectivity index (χ1v) is 6.41. The van der Waals surface area contributed by atoms with Gasteiger partial charge in [0, 0.05) is 18.7 Å². The molecule has 8 heteroatoms. The number of nitro benzene ring substituents is 1. The Morgan fingerprint density at radius 2 is 2.17 bits per heavy atom. The normalized spacial score (nSPS) is 11.2. The molecule has 0 radical (unpaired) electrons. The van der Waals surface area contributed by atoms with E-state index in [1.165, 1.54) is 6.08 Å². The summed E-state index contributed by atoms with van der Waals surface area (Å²) in [5, 5.41) is 10.5. The molecule has 18 heavy (non-hydrogen) atoms. The van der Waals surface area contributed by atoms with Gasteiger partial charge in [0.05, 0.1) is 4.92 Å². The molecular weight excluding hydrogens is 263 g/mol. The Labute approximate surface area is 103 Å². The predicted molar refractivity (Wildman–Crippen MR) is 63.1 cm³/mol. The molecule has 98 valence electrons. The van der Waals surface area contributed by atoms with Crippen LogP contribution in [-0.4, -0.2) is 19.9 Å². The Balaban J connectivity index is 3.10. The van der Waals surface area contributed by atoms with Gasteiger partial charge in [0.1, 0.15) is 10.7 Å². The van der Waals surface area contributed by atoms with E-state index < -0.39 is 31.3 Å². The lowest BCUT2D eigenvalue weighted by molar-refractivity contribution is -0.385. The lowest BCUT2D eigenvalue weighted by Gasteiger charge is -2.06. The van der Waals surface area contributed by atoms with Gasteiger partial charge in [0.15, 0.2) is 0 Å². The maximum atomic E-state index is 13.4. The highest BCUT2D eigenvalue weighted by Gasteiger charge is 2.21. The van der Waals surface area contributed by atoms with Crippen LogP contribution in [0.4, 0.5) is 10.1 Å².